The van der Waals surface area contributed by atoms with Crippen LogP contribution in [0.15, 0.2) is 23.9 Å². The van der Waals surface area contributed by atoms with Crippen LogP contribution in [-0.2, 0) is 9.74 Å². The Kier molecular flexibility index (Phi) is 4.76. The molecule has 0 aliphatic carbocycles. The molecule has 19 heavy (non-hydrogen) atoms. The molecule has 0 heterocycles. The number of ether oxygens (including phenoxy) is 1. The highest BCUT2D eigenvalue weighted by Gasteiger charge is 2.18. The van der Waals surface area contributed by atoms with Crippen molar-refractivity contribution in [2.24, 2.45) is 5.73 Å². The molecule has 1 rings (SSSR count). The second kappa shape index (κ2) is 6.29. The molecule has 0 unspecified atom stereocenters. The van der Waals surface area contributed by atoms with E-state index in [1.54, 1.807) is 0 Å². The molecule has 1 aromatic carbocycles. The second-order valence-electron chi connectivity index (χ2n) is 3.41. The Morgan fingerprint density at radius 3 is 2.58 bits per heavy atom. The average molecular weight is 266 g/mol. The van der Waals surface area contributed by atoms with E-state index in [-0.39, 0.29) is 22.4 Å². The molecule has 1 aromatic rings. The highest BCUT2D eigenvalue weighted by atomic mass is 19.3. The summed E-state index contributed by atoms with van der Waals surface area (Å²) in [5, 5.41) is 7.24. The summed E-state index contributed by atoms with van der Waals surface area (Å²) in [7, 11) is 1.39. The molecular formula is C12H11FN2O4. The van der Waals surface area contributed by atoms with Crippen molar-refractivity contribution in [2.45, 2.75) is 0 Å². The smallest absolute Gasteiger partial charge is 0.380 e. The molecule has 0 spiro atoms. The van der Waals surface area contributed by atoms with E-state index in [4.69, 9.17) is 15.9 Å². The average Bonchev–Trinajstić information content (AvgIpc) is 2.46. The standard InChI is InChI=1S/C12H11FN2O4/c1-18-7-2-3-8(12(17)19-13)9(4-7)10(5-14)11(15)6-16/h2-6,14H,15H2,1H3/b11-10+,14-5?. The number of aldehydes is 1. The SMILES string of the molecule is COc1ccc(C(=O)OF)c(/C(C=N)=C(/N)C=O)c1. The molecule has 0 atom stereocenters. The molecule has 0 bridgehead atoms. The lowest BCUT2D eigenvalue weighted by atomic mass is 9.98. The summed E-state index contributed by atoms with van der Waals surface area (Å²) < 4.78 is 17.0. The number of carbonyl (C=O) groups is 2. The number of nitrogens with two attached hydrogens (primary N) is 1. The van der Waals surface area contributed by atoms with Gasteiger partial charge in [0.05, 0.1) is 18.4 Å². The van der Waals surface area contributed by atoms with Gasteiger partial charge in [0.25, 0.3) is 0 Å². The van der Waals surface area contributed by atoms with Crippen molar-refractivity contribution >= 4 is 24.0 Å². The van der Waals surface area contributed by atoms with Gasteiger partial charge in [-0.3, -0.25) is 4.79 Å². The number of allylic oxidation sites excluding steroid dienone is 2. The quantitative estimate of drug-likeness (QED) is 0.474. The molecule has 0 aliphatic rings. The molecule has 0 saturated heterocycles. The van der Waals surface area contributed by atoms with Gasteiger partial charge in [0, 0.05) is 21.9 Å². The normalized spacial score (nSPS) is 11.3. The molecule has 6 nitrogen and oxygen atoms in total. The summed E-state index contributed by atoms with van der Waals surface area (Å²) in [6.45, 7) is 0. The third kappa shape index (κ3) is 2.95. The number of nitrogens with one attached hydrogen (secondary N) is 1. The molecular weight excluding hydrogens is 255 g/mol. The lowest BCUT2D eigenvalue weighted by molar-refractivity contribution is -0.104. The van der Waals surface area contributed by atoms with Gasteiger partial charge in [-0.05, 0) is 18.2 Å². The van der Waals surface area contributed by atoms with Gasteiger partial charge < -0.3 is 15.9 Å². The van der Waals surface area contributed by atoms with Crippen LogP contribution in [-0.4, -0.2) is 25.6 Å². The van der Waals surface area contributed by atoms with E-state index >= 15 is 0 Å². The minimum atomic E-state index is -1.25. The van der Waals surface area contributed by atoms with Gasteiger partial charge in [0.2, 0.25) is 0 Å². The maximum atomic E-state index is 12.0. The minimum Gasteiger partial charge on any atom is -0.497 e. The first-order chi connectivity index (χ1) is 9.08. The number of benzene rings is 1. The maximum absolute atomic E-state index is 12.0. The van der Waals surface area contributed by atoms with Crippen LogP contribution in [0.25, 0.3) is 5.57 Å². The fourth-order valence-corrected chi connectivity index (χ4v) is 1.47. The Labute approximate surface area is 108 Å². The summed E-state index contributed by atoms with van der Waals surface area (Å²) >= 11 is 0. The zero-order valence-corrected chi connectivity index (χ0v) is 9.98. The number of halogens is 1. The number of rotatable bonds is 5. The van der Waals surface area contributed by atoms with Crippen LogP contribution in [0.4, 0.5) is 4.53 Å². The van der Waals surface area contributed by atoms with Crippen molar-refractivity contribution in [3.63, 3.8) is 0 Å². The molecule has 0 saturated carbocycles. The van der Waals surface area contributed by atoms with Gasteiger partial charge in [0.1, 0.15) is 5.75 Å². The van der Waals surface area contributed by atoms with Crippen molar-refractivity contribution in [1.29, 1.82) is 5.41 Å². The Bertz CT molecular complexity index is 555. The third-order valence-electron chi connectivity index (χ3n) is 2.39. The van der Waals surface area contributed by atoms with Crippen molar-refractivity contribution in [3.05, 3.63) is 35.0 Å². The van der Waals surface area contributed by atoms with Crippen molar-refractivity contribution < 1.29 is 23.8 Å². The summed E-state index contributed by atoms with van der Waals surface area (Å²) in [4.78, 5) is 25.1. The third-order valence-corrected chi connectivity index (χ3v) is 2.39. The van der Waals surface area contributed by atoms with Gasteiger partial charge in [-0.2, -0.15) is 0 Å². The fraction of sp³-hybridized carbons (Fsp3) is 0.0833. The molecule has 0 aromatic heterocycles. The van der Waals surface area contributed by atoms with Crippen LogP contribution < -0.4 is 10.5 Å². The van der Waals surface area contributed by atoms with E-state index < -0.39 is 5.97 Å². The Morgan fingerprint density at radius 2 is 2.11 bits per heavy atom. The van der Waals surface area contributed by atoms with Crippen molar-refractivity contribution in [3.8, 4) is 5.75 Å². The van der Waals surface area contributed by atoms with Gasteiger partial charge in [-0.1, -0.05) is 0 Å². The lowest BCUT2D eigenvalue weighted by Gasteiger charge is -2.10. The first kappa shape index (κ1) is 14.4. The van der Waals surface area contributed by atoms with Crippen LogP contribution in [0, 0.1) is 5.41 Å². The zero-order chi connectivity index (χ0) is 14.4. The molecule has 0 amide bonds. The maximum Gasteiger partial charge on any atom is 0.380 e. The van der Waals surface area contributed by atoms with E-state index in [1.807, 2.05) is 0 Å². The van der Waals surface area contributed by atoms with Crippen LogP contribution in [0.1, 0.15) is 15.9 Å². The Morgan fingerprint density at radius 1 is 1.42 bits per heavy atom. The molecule has 0 fully saturated rings. The van der Waals surface area contributed by atoms with Crippen molar-refractivity contribution in [1.82, 2.24) is 0 Å². The van der Waals surface area contributed by atoms with E-state index in [2.05, 4.69) is 4.94 Å². The predicted molar refractivity (Wildman–Crippen MR) is 65.5 cm³/mol. The molecule has 0 aliphatic heterocycles. The van der Waals surface area contributed by atoms with E-state index in [0.29, 0.717) is 12.0 Å². The number of hydrogen-bond donors (Lipinski definition) is 2. The highest BCUT2D eigenvalue weighted by Crippen LogP contribution is 2.25. The first-order valence-corrected chi connectivity index (χ1v) is 5.05. The summed E-state index contributed by atoms with van der Waals surface area (Å²) in [6.07, 6.45) is 1.11. The number of hydrogen-bond acceptors (Lipinski definition) is 6. The van der Waals surface area contributed by atoms with Crippen LogP contribution >= 0.6 is 0 Å². The molecule has 3 N–H and O–H groups in total. The van der Waals surface area contributed by atoms with Crippen LogP contribution in [0.2, 0.25) is 0 Å². The number of carbonyl (C=O) groups excluding carboxylic acids is 2. The Hall–Kier alpha value is -2.70. The largest absolute Gasteiger partial charge is 0.497 e. The minimum absolute atomic E-state index is 0.0331. The lowest BCUT2D eigenvalue weighted by Crippen LogP contribution is -2.09. The first-order valence-electron chi connectivity index (χ1n) is 5.05. The van der Waals surface area contributed by atoms with Crippen LogP contribution in [0.3, 0.4) is 0 Å². The van der Waals surface area contributed by atoms with Gasteiger partial charge in [-0.25, -0.2) is 9.74 Å². The Balaban J connectivity index is 3.57. The summed E-state index contributed by atoms with van der Waals surface area (Å²) in [5.74, 6) is -0.904. The number of methoxy groups -OCH3 is 1. The van der Waals surface area contributed by atoms with Crippen LogP contribution in [0.5, 0.6) is 5.75 Å². The predicted octanol–water partition coefficient (Wildman–Crippen LogP) is 1.25. The van der Waals surface area contributed by atoms with E-state index in [1.165, 1.54) is 25.3 Å². The topological polar surface area (TPSA) is 102 Å². The van der Waals surface area contributed by atoms with Crippen molar-refractivity contribution in [2.75, 3.05) is 7.11 Å². The fourth-order valence-electron chi connectivity index (χ4n) is 1.47. The monoisotopic (exact) mass is 266 g/mol. The van der Waals surface area contributed by atoms with E-state index in [9.17, 15) is 14.1 Å². The van der Waals surface area contributed by atoms with E-state index in [0.717, 1.165) is 6.21 Å². The highest BCUT2D eigenvalue weighted by molar-refractivity contribution is 6.17. The van der Waals surface area contributed by atoms with Gasteiger partial charge in [0.15, 0.2) is 6.29 Å². The molecule has 100 valence electrons. The summed E-state index contributed by atoms with van der Waals surface area (Å²) in [6, 6.07) is 4.01. The van der Waals surface area contributed by atoms with Gasteiger partial charge in [-0.15, -0.1) is 0 Å². The van der Waals surface area contributed by atoms with Gasteiger partial charge >= 0.3 is 5.97 Å². The molecule has 0 radical (unpaired) electrons. The zero-order valence-electron chi connectivity index (χ0n) is 9.98. The molecule has 7 heteroatoms. The second-order valence-corrected chi connectivity index (χ2v) is 3.41. The summed E-state index contributed by atoms with van der Waals surface area (Å²) in [5.41, 5.74) is 5.03.